The van der Waals surface area contributed by atoms with Gasteiger partial charge in [-0.05, 0) is 46.6 Å². The Hall–Kier alpha value is -2.76. The van der Waals surface area contributed by atoms with E-state index in [0.717, 1.165) is 22.6 Å². The Bertz CT molecular complexity index is 947. The van der Waals surface area contributed by atoms with Crippen LogP contribution in [0.4, 0.5) is 5.69 Å². The molecule has 3 aromatic rings. The zero-order valence-electron chi connectivity index (χ0n) is 16.2. The van der Waals surface area contributed by atoms with Crippen molar-refractivity contribution in [3.8, 4) is 5.75 Å². The Kier molecular flexibility index (Phi) is 5.88. The van der Waals surface area contributed by atoms with E-state index in [4.69, 9.17) is 4.74 Å². The maximum Gasteiger partial charge on any atom is 0.283 e. The van der Waals surface area contributed by atoms with Gasteiger partial charge in [0.2, 0.25) is 5.25 Å². The summed E-state index contributed by atoms with van der Waals surface area (Å²) in [5.74, 6) is 1.14. The normalized spacial score (nSPS) is 19.5. The number of benzene rings is 3. The number of methoxy groups -OCH3 is 1. The van der Waals surface area contributed by atoms with Gasteiger partial charge in [0.15, 0.2) is 0 Å². The number of carbonyl (C=O) groups is 1. The third-order valence-corrected chi connectivity index (χ3v) is 6.89. The van der Waals surface area contributed by atoms with Gasteiger partial charge < -0.3 is 9.29 Å². The van der Waals surface area contributed by atoms with Crippen LogP contribution in [0.5, 0.6) is 5.75 Å². The highest BCUT2D eigenvalue weighted by Crippen LogP contribution is 2.43. The molecule has 1 aliphatic rings. The summed E-state index contributed by atoms with van der Waals surface area (Å²) in [6, 6.07) is 27.0. The van der Waals surface area contributed by atoms with Crippen LogP contribution in [0.3, 0.4) is 0 Å². The van der Waals surface area contributed by atoms with Crippen molar-refractivity contribution in [1.82, 2.24) is 0 Å². The fraction of sp³-hybridized carbons (Fsp3) is 0.208. The fourth-order valence-electron chi connectivity index (χ4n) is 3.71. The number of ether oxygens (including phenoxy) is 1. The highest BCUT2D eigenvalue weighted by atomic mass is 32.2. The molecule has 1 amide bonds. The number of β-lactam (4-membered cyclic amide) rings is 1. The lowest BCUT2D eigenvalue weighted by Crippen LogP contribution is -2.62. The highest BCUT2D eigenvalue weighted by molar-refractivity contribution is 7.93. The van der Waals surface area contributed by atoms with Crippen LogP contribution in [0.25, 0.3) is 0 Å². The minimum absolute atomic E-state index is 0.0802. The lowest BCUT2D eigenvalue weighted by molar-refractivity contribution is -0.123. The maximum absolute atomic E-state index is 13.1. The summed E-state index contributed by atoms with van der Waals surface area (Å²) >= 11 is -1.26. The van der Waals surface area contributed by atoms with E-state index >= 15 is 0 Å². The zero-order chi connectivity index (χ0) is 20.2. The Balaban J connectivity index is 1.58. The summed E-state index contributed by atoms with van der Waals surface area (Å²) < 4.78 is 18.4. The summed E-state index contributed by atoms with van der Waals surface area (Å²) in [4.78, 5) is 14.8. The molecule has 3 atom stereocenters. The molecule has 0 aliphatic carbocycles. The number of rotatable bonds is 7. The first-order valence-corrected chi connectivity index (χ1v) is 11.0. The zero-order valence-corrected chi connectivity index (χ0v) is 17.0. The van der Waals surface area contributed by atoms with Crippen molar-refractivity contribution in [2.24, 2.45) is 0 Å². The Morgan fingerprint density at radius 2 is 1.55 bits per heavy atom. The summed E-state index contributed by atoms with van der Waals surface area (Å²) in [6.07, 6.45) is 0.692. The van der Waals surface area contributed by atoms with Crippen molar-refractivity contribution in [2.45, 2.75) is 17.7 Å². The third-order valence-electron chi connectivity index (χ3n) is 5.26. The molecule has 0 aromatic heterocycles. The minimum Gasteiger partial charge on any atom is -0.616 e. The SMILES string of the molecule is COc1ccc([C@@H]2[C@@H]([S+]([O-])CCc3ccccc3)C(=O)N2c2ccccc2)cc1. The second-order valence-corrected chi connectivity index (χ2v) is 8.68. The van der Waals surface area contributed by atoms with E-state index in [2.05, 4.69) is 0 Å². The molecule has 1 unspecified atom stereocenters. The van der Waals surface area contributed by atoms with E-state index in [1.165, 1.54) is 0 Å². The predicted octanol–water partition coefficient (Wildman–Crippen LogP) is 4.14. The largest absolute Gasteiger partial charge is 0.616 e. The molecule has 0 N–H and O–H groups in total. The second kappa shape index (κ2) is 8.72. The van der Waals surface area contributed by atoms with Crippen LogP contribution in [0.15, 0.2) is 84.9 Å². The molecule has 1 saturated heterocycles. The molecule has 5 heteroatoms. The Morgan fingerprint density at radius 3 is 2.17 bits per heavy atom. The molecular formula is C24H23NO3S. The van der Waals surface area contributed by atoms with Crippen molar-refractivity contribution < 1.29 is 14.1 Å². The molecule has 3 aromatic carbocycles. The van der Waals surface area contributed by atoms with Crippen LogP contribution < -0.4 is 9.64 Å². The first-order chi connectivity index (χ1) is 14.2. The quantitative estimate of drug-likeness (QED) is 0.438. The number of aryl methyl sites for hydroxylation is 1. The molecule has 0 radical (unpaired) electrons. The molecule has 0 saturated carbocycles. The lowest BCUT2D eigenvalue weighted by atomic mass is 9.92. The van der Waals surface area contributed by atoms with Gasteiger partial charge in [0.25, 0.3) is 5.91 Å². The van der Waals surface area contributed by atoms with Gasteiger partial charge in [0.05, 0.1) is 7.11 Å². The van der Waals surface area contributed by atoms with Gasteiger partial charge >= 0.3 is 0 Å². The van der Waals surface area contributed by atoms with Crippen LogP contribution in [-0.4, -0.2) is 28.6 Å². The van der Waals surface area contributed by atoms with Crippen LogP contribution in [0, 0.1) is 0 Å². The van der Waals surface area contributed by atoms with Crippen LogP contribution in [0.1, 0.15) is 17.2 Å². The number of hydrogen-bond acceptors (Lipinski definition) is 3. The standard InChI is InChI=1S/C24H23NO3S/c1-28-21-14-12-19(13-15-21)22-23(24(26)25(22)20-10-6-3-7-11-20)29(27)17-16-18-8-4-2-5-9-18/h2-15,22-23H,16-17H2,1H3/t22-,23-,29?/m1/s1. The van der Waals surface area contributed by atoms with Gasteiger partial charge in [-0.25, -0.2) is 0 Å². The Labute approximate surface area is 174 Å². The molecule has 0 spiro atoms. The van der Waals surface area contributed by atoms with E-state index in [1.807, 2.05) is 84.9 Å². The molecule has 0 bridgehead atoms. The van der Waals surface area contributed by atoms with Gasteiger partial charge in [0, 0.05) is 12.1 Å². The van der Waals surface area contributed by atoms with Gasteiger partial charge in [-0.1, -0.05) is 60.7 Å². The van der Waals surface area contributed by atoms with Crippen LogP contribution in [-0.2, 0) is 22.4 Å². The van der Waals surface area contributed by atoms with E-state index < -0.39 is 16.4 Å². The topological polar surface area (TPSA) is 52.6 Å². The maximum atomic E-state index is 13.1. The molecule has 148 valence electrons. The van der Waals surface area contributed by atoms with Gasteiger partial charge in [0.1, 0.15) is 17.5 Å². The van der Waals surface area contributed by atoms with Crippen molar-refractivity contribution in [3.05, 3.63) is 96.1 Å². The van der Waals surface area contributed by atoms with Crippen molar-refractivity contribution in [3.63, 3.8) is 0 Å². The third kappa shape index (κ3) is 4.02. The number of amides is 1. The Morgan fingerprint density at radius 1 is 0.931 bits per heavy atom. The van der Waals surface area contributed by atoms with E-state index in [0.29, 0.717) is 12.2 Å². The van der Waals surface area contributed by atoms with Gasteiger partial charge in [-0.3, -0.25) is 9.69 Å². The number of nitrogens with zero attached hydrogens (tertiary/aromatic N) is 1. The van der Waals surface area contributed by atoms with Crippen molar-refractivity contribution in [2.75, 3.05) is 17.8 Å². The number of para-hydroxylation sites is 1. The smallest absolute Gasteiger partial charge is 0.283 e. The minimum atomic E-state index is -1.26. The van der Waals surface area contributed by atoms with Gasteiger partial charge in [-0.15, -0.1) is 0 Å². The van der Waals surface area contributed by atoms with E-state index in [1.54, 1.807) is 12.0 Å². The summed E-state index contributed by atoms with van der Waals surface area (Å²) in [6.45, 7) is 0. The number of anilines is 1. The average molecular weight is 406 g/mol. The van der Waals surface area contributed by atoms with Crippen molar-refractivity contribution >= 4 is 22.8 Å². The lowest BCUT2D eigenvalue weighted by Gasteiger charge is -2.46. The molecule has 4 nitrogen and oxygen atoms in total. The van der Waals surface area contributed by atoms with Crippen molar-refractivity contribution in [1.29, 1.82) is 0 Å². The average Bonchev–Trinajstić information content (AvgIpc) is 2.77. The van der Waals surface area contributed by atoms with Crippen LogP contribution >= 0.6 is 0 Å². The van der Waals surface area contributed by atoms with E-state index in [-0.39, 0.29) is 11.9 Å². The van der Waals surface area contributed by atoms with E-state index in [9.17, 15) is 9.35 Å². The number of hydrogen-bond donors (Lipinski definition) is 0. The molecule has 1 fully saturated rings. The first-order valence-electron chi connectivity index (χ1n) is 9.62. The van der Waals surface area contributed by atoms with Crippen LogP contribution in [0.2, 0.25) is 0 Å². The summed E-state index contributed by atoms with van der Waals surface area (Å²) in [5, 5.41) is -0.535. The summed E-state index contributed by atoms with van der Waals surface area (Å²) in [7, 11) is 1.62. The highest BCUT2D eigenvalue weighted by Gasteiger charge is 2.55. The van der Waals surface area contributed by atoms with Gasteiger partial charge in [-0.2, -0.15) is 0 Å². The fourth-order valence-corrected chi connectivity index (χ4v) is 5.31. The monoisotopic (exact) mass is 405 g/mol. The molecular weight excluding hydrogens is 382 g/mol. The molecule has 4 rings (SSSR count). The molecule has 29 heavy (non-hydrogen) atoms. The summed E-state index contributed by atoms with van der Waals surface area (Å²) in [5.41, 5.74) is 2.93. The number of carbonyl (C=O) groups excluding carboxylic acids is 1. The molecule has 1 heterocycles. The molecule has 1 aliphatic heterocycles. The first kappa shape index (κ1) is 19.6. The predicted molar refractivity (Wildman–Crippen MR) is 117 cm³/mol. The second-order valence-electron chi connectivity index (χ2n) is 7.00.